The average molecular weight is 213 g/mol. The quantitative estimate of drug-likeness (QED) is 0.747. The van der Waals surface area contributed by atoms with Gasteiger partial charge in [0, 0.05) is 11.6 Å². The second-order valence-corrected chi connectivity index (χ2v) is 4.43. The molecule has 0 bridgehead atoms. The molecule has 1 aromatic heterocycles. The van der Waals surface area contributed by atoms with Crippen molar-refractivity contribution in [2.24, 2.45) is 0 Å². The van der Waals surface area contributed by atoms with Crippen LogP contribution in [0.5, 0.6) is 0 Å². The lowest BCUT2D eigenvalue weighted by Gasteiger charge is -2.20. The van der Waals surface area contributed by atoms with Crippen LogP contribution in [0.2, 0.25) is 0 Å². The third kappa shape index (κ3) is 1.95. The van der Waals surface area contributed by atoms with Gasteiger partial charge < -0.3 is 4.98 Å². The number of alkyl halides is 1. The highest BCUT2D eigenvalue weighted by Crippen LogP contribution is 2.33. The number of hydrogen-bond acceptors (Lipinski definition) is 1. The molecule has 1 heterocycles. The van der Waals surface area contributed by atoms with Crippen LogP contribution in [0, 0.1) is 6.92 Å². The van der Waals surface area contributed by atoms with Gasteiger partial charge in [0.15, 0.2) is 0 Å². The first-order valence-corrected chi connectivity index (χ1v) is 5.96. The van der Waals surface area contributed by atoms with Crippen molar-refractivity contribution in [2.75, 3.05) is 0 Å². The molecule has 0 aliphatic heterocycles. The largest absolute Gasteiger partial charge is 0.345 e. The second-order valence-electron chi connectivity index (χ2n) is 4.16. The van der Waals surface area contributed by atoms with Gasteiger partial charge in [-0.05, 0) is 19.8 Å². The molecule has 14 heavy (non-hydrogen) atoms. The van der Waals surface area contributed by atoms with Gasteiger partial charge in [-0.15, -0.1) is 11.6 Å². The molecule has 1 aliphatic rings. The number of imidazole rings is 1. The van der Waals surface area contributed by atoms with Gasteiger partial charge in [-0.3, -0.25) is 0 Å². The molecule has 0 atom stereocenters. The maximum absolute atomic E-state index is 5.76. The van der Waals surface area contributed by atoms with E-state index in [9.17, 15) is 0 Å². The summed E-state index contributed by atoms with van der Waals surface area (Å²) in [6.45, 7) is 2.10. The van der Waals surface area contributed by atoms with Crippen LogP contribution in [0.1, 0.15) is 55.2 Å². The number of aromatic amines is 1. The van der Waals surface area contributed by atoms with Crippen LogP contribution in [-0.4, -0.2) is 9.97 Å². The molecular weight excluding hydrogens is 196 g/mol. The van der Waals surface area contributed by atoms with Crippen LogP contribution < -0.4 is 0 Å². The molecule has 2 nitrogen and oxygen atoms in total. The third-order valence-electron chi connectivity index (χ3n) is 3.09. The number of halogens is 1. The van der Waals surface area contributed by atoms with Gasteiger partial charge in [0.2, 0.25) is 0 Å². The van der Waals surface area contributed by atoms with Gasteiger partial charge in [0.05, 0.1) is 11.6 Å². The number of nitrogens with one attached hydrogen (secondary N) is 1. The van der Waals surface area contributed by atoms with Crippen molar-refractivity contribution in [3.05, 3.63) is 17.2 Å². The molecule has 78 valence electrons. The first-order valence-electron chi connectivity index (χ1n) is 5.42. The van der Waals surface area contributed by atoms with Crippen molar-refractivity contribution in [3.63, 3.8) is 0 Å². The molecule has 0 radical (unpaired) electrons. The molecule has 3 heteroatoms. The minimum absolute atomic E-state index is 0.494. The molecule has 1 fully saturated rings. The summed E-state index contributed by atoms with van der Waals surface area (Å²) >= 11 is 5.76. The van der Waals surface area contributed by atoms with Crippen molar-refractivity contribution in [3.8, 4) is 0 Å². The Morgan fingerprint density at radius 1 is 1.36 bits per heavy atom. The van der Waals surface area contributed by atoms with Gasteiger partial charge in [0.25, 0.3) is 0 Å². The predicted molar refractivity (Wildman–Crippen MR) is 58.7 cm³/mol. The number of aromatic nitrogens is 2. The number of nitrogens with zero attached hydrogens (tertiary/aromatic N) is 1. The van der Waals surface area contributed by atoms with E-state index in [0.29, 0.717) is 11.8 Å². The van der Waals surface area contributed by atoms with E-state index in [4.69, 9.17) is 11.6 Å². The first kappa shape index (κ1) is 10.0. The highest BCUT2D eigenvalue weighted by atomic mass is 35.5. The summed E-state index contributed by atoms with van der Waals surface area (Å²) in [6.07, 6.45) is 6.70. The van der Waals surface area contributed by atoms with Crippen molar-refractivity contribution in [1.29, 1.82) is 0 Å². The van der Waals surface area contributed by atoms with E-state index in [1.807, 2.05) is 0 Å². The topological polar surface area (TPSA) is 28.7 Å². The van der Waals surface area contributed by atoms with E-state index in [1.54, 1.807) is 0 Å². The normalized spacial score (nSPS) is 18.7. The predicted octanol–water partition coefficient (Wildman–Crippen LogP) is 3.50. The smallest absolute Gasteiger partial charge is 0.121 e. The Bertz CT molecular complexity index is 300. The molecule has 0 spiro atoms. The van der Waals surface area contributed by atoms with Crippen molar-refractivity contribution in [1.82, 2.24) is 9.97 Å². The number of rotatable bonds is 2. The van der Waals surface area contributed by atoms with Crippen molar-refractivity contribution in [2.45, 2.75) is 50.8 Å². The fraction of sp³-hybridized carbons (Fsp3) is 0.727. The van der Waals surface area contributed by atoms with E-state index < -0.39 is 0 Å². The van der Waals surface area contributed by atoms with E-state index in [-0.39, 0.29) is 0 Å². The molecule has 0 saturated heterocycles. The zero-order valence-electron chi connectivity index (χ0n) is 8.65. The van der Waals surface area contributed by atoms with Crippen LogP contribution in [0.25, 0.3) is 0 Å². The number of hydrogen-bond donors (Lipinski definition) is 1. The summed E-state index contributed by atoms with van der Waals surface area (Å²) in [7, 11) is 0. The number of H-pyrrole nitrogens is 1. The zero-order valence-corrected chi connectivity index (χ0v) is 9.40. The fourth-order valence-corrected chi connectivity index (χ4v) is 2.50. The Balaban J connectivity index is 2.17. The summed E-state index contributed by atoms with van der Waals surface area (Å²) in [5, 5.41) is 0. The molecule has 1 N–H and O–H groups in total. The Hall–Kier alpha value is -0.500. The first-order chi connectivity index (χ1) is 6.81. The van der Waals surface area contributed by atoms with E-state index in [2.05, 4.69) is 16.9 Å². The lowest BCUT2D eigenvalue weighted by molar-refractivity contribution is 0.436. The van der Waals surface area contributed by atoms with E-state index >= 15 is 0 Å². The van der Waals surface area contributed by atoms with Crippen LogP contribution in [0.15, 0.2) is 0 Å². The van der Waals surface area contributed by atoms with Crippen LogP contribution in [0.3, 0.4) is 0 Å². The Morgan fingerprint density at radius 2 is 2.07 bits per heavy atom. The lowest BCUT2D eigenvalue weighted by atomic mass is 9.86. The highest BCUT2D eigenvalue weighted by molar-refractivity contribution is 6.16. The Labute approximate surface area is 90.1 Å². The molecule has 1 aliphatic carbocycles. The standard InChI is InChI=1S/C11H17ClN2/c1-8-11(14-10(7-12)13-8)9-5-3-2-4-6-9/h9H,2-7H2,1H3,(H,13,14). The Kier molecular flexibility index (Phi) is 3.12. The molecule has 0 amide bonds. The molecule has 1 saturated carbocycles. The van der Waals surface area contributed by atoms with Crippen LogP contribution in [-0.2, 0) is 5.88 Å². The maximum Gasteiger partial charge on any atom is 0.121 e. The van der Waals surface area contributed by atoms with E-state index in [0.717, 1.165) is 5.82 Å². The summed E-state index contributed by atoms with van der Waals surface area (Å²) < 4.78 is 0. The second kappa shape index (κ2) is 4.35. The summed E-state index contributed by atoms with van der Waals surface area (Å²) in [4.78, 5) is 7.81. The fourth-order valence-electron chi connectivity index (χ4n) is 2.37. The lowest BCUT2D eigenvalue weighted by Crippen LogP contribution is -2.06. The minimum Gasteiger partial charge on any atom is -0.345 e. The van der Waals surface area contributed by atoms with Gasteiger partial charge in [-0.1, -0.05) is 19.3 Å². The van der Waals surface area contributed by atoms with Gasteiger partial charge in [-0.2, -0.15) is 0 Å². The molecule has 2 rings (SSSR count). The number of aryl methyl sites for hydroxylation is 1. The molecule has 0 unspecified atom stereocenters. The average Bonchev–Trinajstić information content (AvgIpc) is 2.61. The third-order valence-corrected chi connectivity index (χ3v) is 3.34. The monoisotopic (exact) mass is 212 g/mol. The Morgan fingerprint density at radius 3 is 2.64 bits per heavy atom. The molecule has 1 aromatic rings. The van der Waals surface area contributed by atoms with Gasteiger partial charge in [-0.25, -0.2) is 4.98 Å². The van der Waals surface area contributed by atoms with Gasteiger partial charge in [0.1, 0.15) is 5.82 Å². The highest BCUT2D eigenvalue weighted by Gasteiger charge is 2.20. The summed E-state index contributed by atoms with van der Waals surface area (Å²) in [6, 6.07) is 0. The zero-order chi connectivity index (χ0) is 9.97. The molecular formula is C11H17ClN2. The van der Waals surface area contributed by atoms with Crippen LogP contribution in [0.4, 0.5) is 0 Å². The van der Waals surface area contributed by atoms with Crippen LogP contribution >= 0.6 is 11.6 Å². The van der Waals surface area contributed by atoms with E-state index in [1.165, 1.54) is 43.5 Å². The summed E-state index contributed by atoms with van der Waals surface area (Å²) in [5.41, 5.74) is 2.48. The molecule has 0 aromatic carbocycles. The maximum atomic E-state index is 5.76. The van der Waals surface area contributed by atoms with Crippen molar-refractivity contribution >= 4 is 11.6 Å². The summed E-state index contributed by atoms with van der Waals surface area (Å²) in [5.74, 6) is 2.09. The van der Waals surface area contributed by atoms with Gasteiger partial charge >= 0.3 is 0 Å². The van der Waals surface area contributed by atoms with Crippen molar-refractivity contribution < 1.29 is 0 Å². The minimum atomic E-state index is 0.494. The SMILES string of the molecule is Cc1[nH]c(CCl)nc1C1CCCCC1.